The number of amides is 1. The van der Waals surface area contributed by atoms with Gasteiger partial charge >= 0.3 is 0 Å². The Bertz CT molecular complexity index is 851. The molecule has 0 aliphatic rings. The lowest BCUT2D eigenvalue weighted by Gasteiger charge is -2.11. The van der Waals surface area contributed by atoms with Crippen LogP contribution in [0.3, 0.4) is 0 Å². The second kappa shape index (κ2) is 17.8. The summed E-state index contributed by atoms with van der Waals surface area (Å²) in [6.45, 7) is 2.28. The maximum Gasteiger partial charge on any atom is 0.248 e. The molecule has 0 aliphatic carbocycles. The summed E-state index contributed by atoms with van der Waals surface area (Å²) in [4.78, 5) is 12.4. The van der Waals surface area contributed by atoms with Crippen molar-refractivity contribution < 1.29 is 4.79 Å². The number of hydrogen-bond acceptors (Lipinski definition) is 1. The SMILES string of the molecule is CCCCCCCCCCCCCCCC(=Cc1ccccc1)C(=Cc1ccccc1)C(N)=O. The van der Waals surface area contributed by atoms with Crippen molar-refractivity contribution >= 4 is 18.1 Å². The molecule has 2 N–H and O–H groups in total. The van der Waals surface area contributed by atoms with Gasteiger partial charge < -0.3 is 5.73 Å². The van der Waals surface area contributed by atoms with Crippen LogP contribution in [0.5, 0.6) is 0 Å². The van der Waals surface area contributed by atoms with Gasteiger partial charge in [-0.2, -0.15) is 0 Å². The van der Waals surface area contributed by atoms with Gasteiger partial charge in [0.25, 0.3) is 0 Å². The minimum absolute atomic E-state index is 0.360. The van der Waals surface area contributed by atoms with Crippen molar-refractivity contribution in [1.82, 2.24) is 0 Å². The largest absolute Gasteiger partial charge is 0.366 e. The summed E-state index contributed by atoms with van der Waals surface area (Å²) in [7, 11) is 0. The van der Waals surface area contributed by atoms with E-state index in [2.05, 4.69) is 25.1 Å². The van der Waals surface area contributed by atoms with Crippen molar-refractivity contribution in [3.8, 4) is 0 Å². The Balaban J connectivity index is 1.82. The third-order valence-electron chi connectivity index (χ3n) is 6.41. The third kappa shape index (κ3) is 12.0. The monoisotopic (exact) mass is 459 g/mol. The van der Waals surface area contributed by atoms with E-state index in [9.17, 15) is 4.79 Å². The second-order valence-electron chi connectivity index (χ2n) is 9.41. The smallest absolute Gasteiger partial charge is 0.248 e. The van der Waals surface area contributed by atoms with Crippen LogP contribution < -0.4 is 5.73 Å². The highest BCUT2D eigenvalue weighted by Gasteiger charge is 2.12. The van der Waals surface area contributed by atoms with Gasteiger partial charge in [-0.3, -0.25) is 4.79 Å². The standard InChI is InChI=1S/C32H45NO/c1-2-3-4-5-6-7-8-9-10-11-12-13-20-25-30(26-28-21-16-14-17-22-28)31(32(33)34)27-29-23-18-15-19-24-29/h14-19,21-24,26-27H,2-13,20,25H2,1H3,(H2,33,34). The Labute approximate surface area is 208 Å². The molecule has 1 amide bonds. The normalized spacial score (nSPS) is 12.1. The average molecular weight is 460 g/mol. The molecular formula is C32H45NO. The van der Waals surface area contributed by atoms with E-state index in [1.165, 1.54) is 77.0 Å². The number of unbranched alkanes of at least 4 members (excludes halogenated alkanes) is 12. The van der Waals surface area contributed by atoms with Gasteiger partial charge in [0, 0.05) is 5.57 Å². The van der Waals surface area contributed by atoms with Gasteiger partial charge in [-0.15, -0.1) is 0 Å². The molecule has 184 valence electrons. The predicted molar refractivity (Wildman–Crippen MR) is 148 cm³/mol. The predicted octanol–water partition coefficient (Wildman–Crippen LogP) is 9.12. The summed E-state index contributed by atoms with van der Waals surface area (Å²) >= 11 is 0. The number of rotatable bonds is 18. The molecule has 2 heteroatoms. The number of benzene rings is 2. The summed E-state index contributed by atoms with van der Waals surface area (Å²) in [5.41, 5.74) is 9.59. The zero-order valence-corrected chi connectivity index (χ0v) is 21.3. The number of nitrogens with two attached hydrogens (primary N) is 1. The highest BCUT2D eigenvalue weighted by Crippen LogP contribution is 2.24. The van der Waals surface area contributed by atoms with E-state index in [4.69, 9.17) is 5.73 Å². The van der Waals surface area contributed by atoms with Gasteiger partial charge in [0.1, 0.15) is 0 Å². The Morgan fingerprint density at radius 2 is 1.03 bits per heavy atom. The summed E-state index contributed by atoms with van der Waals surface area (Å²) in [6, 6.07) is 20.2. The van der Waals surface area contributed by atoms with Gasteiger partial charge in [0.05, 0.1) is 0 Å². The van der Waals surface area contributed by atoms with Crippen molar-refractivity contribution in [2.24, 2.45) is 5.73 Å². The van der Waals surface area contributed by atoms with Gasteiger partial charge in [0.15, 0.2) is 0 Å². The van der Waals surface area contributed by atoms with E-state index >= 15 is 0 Å². The zero-order chi connectivity index (χ0) is 24.3. The van der Waals surface area contributed by atoms with Crippen LogP contribution >= 0.6 is 0 Å². The highest BCUT2D eigenvalue weighted by molar-refractivity contribution is 6.02. The van der Waals surface area contributed by atoms with E-state index in [0.29, 0.717) is 5.57 Å². The van der Waals surface area contributed by atoms with Gasteiger partial charge in [-0.05, 0) is 35.6 Å². The molecule has 2 aromatic rings. The molecule has 0 atom stereocenters. The first-order chi connectivity index (χ1) is 16.7. The lowest BCUT2D eigenvalue weighted by atomic mass is 9.94. The number of carbonyl (C=O) groups is 1. The second-order valence-corrected chi connectivity index (χ2v) is 9.41. The summed E-state index contributed by atoms with van der Waals surface area (Å²) in [5, 5.41) is 0. The van der Waals surface area contributed by atoms with E-state index in [1.807, 2.05) is 54.6 Å². The number of primary amides is 1. The molecule has 0 heterocycles. The molecule has 0 unspecified atom stereocenters. The fourth-order valence-electron chi connectivity index (χ4n) is 4.41. The summed E-state index contributed by atoms with van der Waals surface area (Å²) in [5.74, 6) is -0.360. The summed E-state index contributed by atoms with van der Waals surface area (Å²) in [6.07, 6.45) is 22.3. The van der Waals surface area contributed by atoms with Gasteiger partial charge in [0.2, 0.25) is 5.91 Å². The third-order valence-corrected chi connectivity index (χ3v) is 6.41. The van der Waals surface area contributed by atoms with E-state index < -0.39 is 0 Å². The van der Waals surface area contributed by atoms with E-state index in [0.717, 1.165) is 29.5 Å². The fourth-order valence-corrected chi connectivity index (χ4v) is 4.41. The molecule has 0 saturated carbocycles. The molecule has 34 heavy (non-hydrogen) atoms. The molecule has 0 saturated heterocycles. The van der Waals surface area contributed by atoms with Crippen LogP contribution in [0.25, 0.3) is 12.2 Å². The molecule has 2 rings (SSSR count). The molecular weight excluding hydrogens is 414 g/mol. The lowest BCUT2D eigenvalue weighted by molar-refractivity contribution is -0.114. The fraction of sp³-hybridized carbons (Fsp3) is 0.469. The first-order valence-corrected chi connectivity index (χ1v) is 13.5. The first-order valence-electron chi connectivity index (χ1n) is 13.5. The highest BCUT2D eigenvalue weighted by atomic mass is 16.1. The van der Waals surface area contributed by atoms with Crippen LogP contribution in [0.1, 0.15) is 108 Å². The van der Waals surface area contributed by atoms with Crippen LogP contribution in [0, 0.1) is 0 Å². The van der Waals surface area contributed by atoms with Crippen LogP contribution in [0.4, 0.5) is 0 Å². The van der Waals surface area contributed by atoms with E-state index in [-0.39, 0.29) is 5.91 Å². The molecule has 0 fully saturated rings. The van der Waals surface area contributed by atoms with Gasteiger partial charge in [-0.1, -0.05) is 151 Å². The molecule has 0 radical (unpaired) electrons. The van der Waals surface area contributed by atoms with Crippen LogP contribution in [0.2, 0.25) is 0 Å². The van der Waals surface area contributed by atoms with Crippen LogP contribution in [-0.4, -0.2) is 5.91 Å². The molecule has 0 aliphatic heterocycles. The van der Waals surface area contributed by atoms with E-state index in [1.54, 1.807) is 0 Å². The van der Waals surface area contributed by atoms with Crippen molar-refractivity contribution in [2.75, 3.05) is 0 Å². The Morgan fingerprint density at radius 1 is 0.618 bits per heavy atom. The molecule has 2 nitrogen and oxygen atoms in total. The average Bonchev–Trinajstić information content (AvgIpc) is 2.86. The maximum absolute atomic E-state index is 12.4. The Kier molecular flexibility index (Phi) is 14.5. The topological polar surface area (TPSA) is 43.1 Å². The van der Waals surface area contributed by atoms with Crippen molar-refractivity contribution in [3.63, 3.8) is 0 Å². The minimum atomic E-state index is -0.360. The Morgan fingerprint density at radius 3 is 1.47 bits per heavy atom. The van der Waals surface area contributed by atoms with Crippen molar-refractivity contribution in [1.29, 1.82) is 0 Å². The molecule has 2 aromatic carbocycles. The van der Waals surface area contributed by atoms with Gasteiger partial charge in [-0.25, -0.2) is 0 Å². The Hall–Kier alpha value is -2.61. The molecule has 0 spiro atoms. The summed E-state index contributed by atoms with van der Waals surface area (Å²) < 4.78 is 0. The lowest BCUT2D eigenvalue weighted by Crippen LogP contribution is -2.15. The minimum Gasteiger partial charge on any atom is -0.366 e. The quantitative estimate of drug-likeness (QED) is 0.135. The maximum atomic E-state index is 12.4. The number of hydrogen-bond donors (Lipinski definition) is 1. The van der Waals surface area contributed by atoms with Crippen molar-refractivity contribution in [3.05, 3.63) is 82.9 Å². The van der Waals surface area contributed by atoms with Crippen LogP contribution in [-0.2, 0) is 4.79 Å². The first kappa shape index (κ1) is 27.6. The van der Waals surface area contributed by atoms with Crippen molar-refractivity contribution in [2.45, 2.75) is 96.8 Å². The number of carbonyl (C=O) groups excluding carboxylic acids is 1. The van der Waals surface area contributed by atoms with Crippen LogP contribution in [0.15, 0.2) is 71.8 Å². The molecule has 0 aromatic heterocycles. The zero-order valence-electron chi connectivity index (χ0n) is 21.3. The molecule has 0 bridgehead atoms.